The number of likely N-dealkylation sites (N-methyl/N-ethyl adjacent to an activating group) is 1. The molecular weight excluding hydrogens is 366 g/mol. The third-order valence-corrected chi connectivity index (χ3v) is 6.16. The predicted octanol–water partition coefficient (Wildman–Crippen LogP) is 3.22. The molecular formula is C23H37N3O3. The van der Waals surface area contributed by atoms with E-state index in [9.17, 15) is 9.59 Å². The SMILES string of the molecule is COc1ccc(C(=O)NC(C(=O)NCC2(N(C)C)CCCCCC2)C(C)C)cc1. The van der Waals surface area contributed by atoms with E-state index >= 15 is 0 Å². The van der Waals surface area contributed by atoms with Gasteiger partial charge in [0.2, 0.25) is 5.91 Å². The summed E-state index contributed by atoms with van der Waals surface area (Å²) in [5.74, 6) is 0.310. The number of carbonyl (C=O) groups is 2. The maximum Gasteiger partial charge on any atom is 0.251 e. The Bertz CT molecular complexity index is 662. The lowest BCUT2D eigenvalue weighted by Crippen LogP contribution is -2.56. The van der Waals surface area contributed by atoms with Crippen molar-refractivity contribution in [3.05, 3.63) is 29.8 Å². The summed E-state index contributed by atoms with van der Waals surface area (Å²) in [7, 11) is 5.79. The molecule has 2 rings (SSSR count). The lowest BCUT2D eigenvalue weighted by Gasteiger charge is -2.40. The lowest BCUT2D eigenvalue weighted by atomic mass is 9.88. The van der Waals surface area contributed by atoms with E-state index in [-0.39, 0.29) is 23.3 Å². The highest BCUT2D eigenvalue weighted by molar-refractivity contribution is 5.97. The normalized spacial score (nSPS) is 17.5. The van der Waals surface area contributed by atoms with Gasteiger partial charge in [0, 0.05) is 17.6 Å². The van der Waals surface area contributed by atoms with Crippen LogP contribution in [0.15, 0.2) is 24.3 Å². The molecule has 0 radical (unpaired) electrons. The third kappa shape index (κ3) is 6.20. The van der Waals surface area contributed by atoms with Crippen molar-refractivity contribution in [2.45, 2.75) is 64.0 Å². The van der Waals surface area contributed by atoms with E-state index in [1.165, 1.54) is 25.7 Å². The maximum absolute atomic E-state index is 13.0. The van der Waals surface area contributed by atoms with Crippen LogP contribution >= 0.6 is 0 Å². The fourth-order valence-corrected chi connectivity index (χ4v) is 4.03. The first-order valence-electron chi connectivity index (χ1n) is 10.7. The first-order chi connectivity index (χ1) is 13.8. The van der Waals surface area contributed by atoms with Gasteiger partial charge in [-0.05, 0) is 57.1 Å². The second-order valence-corrected chi connectivity index (χ2v) is 8.67. The molecule has 1 saturated carbocycles. The molecule has 0 aliphatic heterocycles. The van der Waals surface area contributed by atoms with E-state index in [1.807, 2.05) is 13.8 Å². The highest BCUT2D eigenvalue weighted by atomic mass is 16.5. The Kier molecular flexibility index (Phi) is 8.50. The highest BCUT2D eigenvalue weighted by Gasteiger charge is 2.34. The first kappa shape index (κ1) is 23.2. The number of hydrogen-bond acceptors (Lipinski definition) is 4. The minimum atomic E-state index is -0.574. The van der Waals surface area contributed by atoms with Crippen LogP contribution in [0.25, 0.3) is 0 Å². The molecule has 2 N–H and O–H groups in total. The summed E-state index contributed by atoms with van der Waals surface area (Å²) < 4.78 is 5.13. The molecule has 1 atom stereocenters. The van der Waals surface area contributed by atoms with E-state index < -0.39 is 6.04 Å². The van der Waals surface area contributed by atoms with Gasteiger partial charge in [-0.25, -0.2) is 0 Å². The molecule has 1 aliphatic carbocycles. The van der Waals surface area contributed by atoms with Gasteiger partial charge < -0.3 is 20.3 Å². The summed E-state index contributed by atoms with van der Waals surface area (Å²) >= 11 is 0. The molecule has 29 heavy (non-hydrogen) atoms. The average molecular weight is 404 g/mol. The molecule has 1 aliphatic rings. The quantitative estimate of drug-likeness (QED) is 0.654. The Hall–Kier alpha value is -2.08. The van der Waals surface area contributed by atoms with Crippen LogP contribution in [0.4, 0.5) is 0 Å². The second-order valence-electron chi connectivity index (χ2n) is 8.67. The number of amides is 2. The Balaban J connectivity index is 2.03. The van der Waals surface area contributed by atoms with E-state index in [0.717, 1.165) is 12.8 Å². The van der Waals surface area contributed by atoms with Crippen molar-refractivity contribution in [1.82, 2.24) is 15.5 Å². The molecule has 0 spiro atoms. The van der Waals surface area contributed by atoms with Gasteiger partial charge in [0.25, 0.3) is 5.91 Å². The van der Waals surface area contributed by atoms with Crippen molar-refractivity contribution in [1.29, 1.82) is 0 Å². The van der Waals surface area contributed by atoms with E-state index in [0.29, 0.717) is 17.9 Å². The molecule has 1 unspecified atom stereocenters. The number of benzene rings is 1. The van der Waals surface area contributed by atoms with Gasteiger partial charge >= 0.3 is 0 Å². The molecule has 0 aromatic heterocycles. The van der Waals surface area contributed by atoms with Crippen molar-refractivity contribution in [2.75, 3.05) is 27.7 Å². The molecule has 1 aromatic rings. The van der Waals surface area contributed by atoms with Crippen LogP contribution in [0.1, 0.15) is 62.7 Å². The van der Waals surface area contributed by atoms with Crippen molar-refractivity contribution in [3.8, 4) is 5.75 Å². The molecule has 1 aromatic carbocycles. The number of hydrogen-bond donors (Lipinski definition) is 2. The molecule has 1 fully saturated rings. The fraction of sp³-hybridized carbons (Fsp3) is 0.652. The molecule has 0 heterocycles. The van der Waals surface area contributed by atoms with Crippen molar-refractivity contribution >= 4 is 11.8 Å². The first-order valence-corrected chi connectivity index (χ1v) is 10.7. The Labute approximate surface area is 175 Å². The standard InChI is InChI=1S/C23H37N3O3/c1-17(2)20(25-21(27)18-10-12-19(29-5)13-11-18)22(28)24-16-23(26(3)4)14-8-6-7-9-15-23/h10-13,17,20H,6-9,14-16H2,1-5H3,(H,24,28)(H,25,27). The zero-order valence-electron chi connectivity index (χ0n) is 18.6. The van der Waals surface area contributed by atoms with Gasteiger partial charge in [-0.15, -0.1) is 0 Å². The third-order valence-electron chi connectivity index (χ3n) is 6.16. The summed E-state index contributed by atoms with van der Waals surface area (Å²) in [6.07, 6.45) is 7.08. The number of ether oxygens (including phenoxy) is 1. The number of methoxy groups -OCH3 is 1. The predicted molar refractivity (Wildman–Crippen MR) is 116 cm³/mol. The number of carbonyl (C=O) groups excluding carboxylic acids is 2. The molecule has 6 nitrogen and oxygen atoms in total. The van der Waals surface area contributed by atoms with Gasteiger partial charge in [0.1, 0.15) is 11.8 Å². The van der Waals surface area contributed by atoms with Gasteiger partial charge in [0.15, 0.2) is 0 Å². The van der Waals surface area contributed by atoms with E-state index in [4.69, 9.17) is 4.74 Å². The van der Waals surface area contributed by atoms with Crippen LogP contribution in [-0.2, 0) is 4.79 Å². The van der Waals surface area contributed by atoms with Gasteiger partial charge in [-0.3, -0.25) is 9.59 Å². The van der Waals surface area contributed by atoms with Crippen LogP contribution in [0.2, 0.25) is 0 Å². The summed E-state index contributed by atoms with van der Waals surface area (Å²) in [5, 5.41) is 6.05. The monoisotopic (exact) mass is 403 g/mol. The number of nitrogens with one attached hydrogen (secondary N) is 2. The zero-order chi connectivity index (χ0) is 21.4. The minimum Gasteiger partial charge on any atom is -0.497 e. The number of nitrogens with zero attached hydrogens (tertiary/aromatic N) is 1. The Morgan fingerprint density at radius 1 is 1.07 bits per heavy atom. The lowest BCUT2D eigenvalue weighted by molar-refractivity contribution is -0.124. The molecule has 0 saturated heterocycles. The van der Waals surface area contributed by atoms with Crippen LogP contribution in [0, 0.1) is 5.92 Å². The van der Waals surface area contributed by atoms with Crippen molar-refractivity contribution in [2.24, 2.45) is 5.92 Å². The van der Waals surface area contributed by atoms with Crippen molar-refractivity contribution < 1.29 is 14.3 Å². The van der Waals surface area contributed by atoms with Crippen molar-refractivity contribution in [3.63, 3.8) is 0 Å². The fourth-order valence-electron chi connectivity index (χ4n) is 4.03. The van der Waals surface area contributed by atoms with E-state index in [1.54, 1.807) is 31.4 Å². The van der Waals surface area contributed by atoms with Crippen LogP contribution in [-0.4, -0.2) is 56.0 Å². The average Bonchev–Trinajstić information content (AvgIpc) is 2.96. The largest absolute Gasteiger partial charge is 0.497 e. The summed E-state index contributed by atoms with van der Waals surface area (Å²) in [5.41, 5.74) is 0.506. The summed E-state index contributed by atoms with van der Waals surface area (Å²) in [6, 6.07) is 6.32. The van der Waals surface area contributed by atoms with Gasteiger partial charge in [-0.1, -0.05) is 39.5 Å². The molecule has 2 amide bonds. The minimum absolute atomic E-state index is 0.00627. The summed E-state index contributed by atoms with van der Waals surface area (Å²) in [6.45, 7) is 4.51. The Morgan fingerprint density at radius 2 is 1.66 bits per heavy atom. The number of rotatable bonds is 8. The maximum atomic E-state index is 13.0. The molecule has 162 valence electrons. The molecule has 6 heteroatoms. The van der Waals surface area contributed by atoms with Crippen LogP contribution in [0.3, 0.4) is 0 Å². The molecule has 0 bridgehead atoms. The summed E-state index contributed by atoms with van der Waals surface area (Å²) in [4.78, 5) is 27.9. The Morgan fingerprint density at radius 3 is 2.14 bits per heavy atom. The second kappa shape index (κ2) is 10.6. The smallest absolute Gasteiger partial charge is 0.251 e. The van der Waals surface area contributed by atoms with Crippen LogP contribution < -0.4 is 15.4 Å². The van der Waals surface area contributed by atoms with E-state index in [2.05, 4.69) is 29.6 Å². The van der Waals surface area contributed by atoms with Gasteiger partial charge in [-0.2, -0.15) is 0 Å². The highest BCUT2D eigenvalue weighted by Crippen LogP contribution is 2.30. The van der Waals surface area contributed by atoms with Crippen LogP contribution in [0.5, 0.6) is 5.75 Å². The zero-order valence-corrected chi connectivity index (χ0v) is 18.6. The topological polar surface area (TPSA) is 70.7 Å². The van der Waals surface area contributed by atoms with Gasteiger partial charge in [0.05, 0.1) is 7.11 Å².